The van der Waals surface area contributed by atoms with E-state index in [9.17, 15) is 8.42 Å². The Balaban J connectivity index is 2.60. The second-order valence-electron chi connectivity index (χ2n) is 2.19. The van der Waals surface area contributed by atoms with Crippen LogP contribution in [0.5, 0.6) is 0 Å². The molecule has 0 spiro atoms. The molecule has 2 aromatic rings. The molecule has 0 radical (unpaired) electrons. The fraction of sp³-hybridized carbons (Fsp3) is 0. The van der Waals surface area contributed by atoms with Crippen LogP contribution in [-0.2, 0) is 10.9 Å². The molecule has 0 fully saturated rings. The molecule has 0 aliphatic heterocycles. The summed E-state index contributed by atoms with van der Waals surface area (Å²) in [6, 6.07) is 0. The minimum absolute atomic E-state index is 0.207. The molecule has 2 rings (SSSR count). The Kier molecular flexibility index (Phi) is 1.81. The van der Waals surface area contributed by atoms with Crippen molar-refractivity contribution in [3.05, 3.63) is 12.7 Å². The molecule has 2 heterocycles. The van der Waals surface area contributed by atoms with Crippen LogP contribution in [0, 0.1) is 0 Å². The summed E-state index contributed by atoms with van der Waals surface area (Å²) in [6.07, 6.45) is 2.66. The lowest BCUT2D eigenvalue weighted by molar-refractivity contribution is 0.619. The summed E-state index contributed by atoms with van der Waals surface area (Å²) >= 11 is 0. The molecule has 2 N–H and O–H groups in total. The molecule has 2 aromatic heterocycles. The Morgan fingerprint density at radius 3 is 2.92 bits per heavy atom. The van der Waals surface area contributed by atoms with Gasteiger partial charge in [-0.3, -0.25) is 4.72 Å². The molecule has 0 aliphatic carbocycles. The van der Waals surface area contributed by atoms with E-state index < -0.39 is 10.9 Å². The number of H-pyrrole nitrogens is 1. The SMILES string of the molecule is O=[SH](=O)Nc1ncnc2nc[nH]c12. The highest BCUT2D eigenvalue weighted by Gasteiger charge is 2.04. The van der Waals surface area contributed by atoms with Crippen LogP contribution in [0.25, 0.3) is 11.2 Å². The standard InChI is InChI=1S/C5H5N5O2S/c11-13(12)10-5-3-4(7-1-6-3)8-2-9-5/h1-2,13H,(H2,6,7,8,9,10,11,12). The summed E-state index contributed by atoms with van der Waals surface area (Å²) in [5, 5.41) is 0. The number of imidazole rings is 1. The quantitative estimate of drug-likeness (QED) is 0.555. The van der Waals surface area contributed by atoms with E-state index in [1.165, 1.54) is 12.7 Å². The predicted octanol–water partition coefficient (Wildman–Crippen LogP) is -0.709. The second-order valence-corrected chi connectivity index (χ2v) is 2.93. The van der Waals surface area contributed by atoms with E-state index in [1.807, 2.05) is 0 Å². The van der Waals surface area contributed by atoms with E-state index in [0.717, 1.165) is 0 Å². The van der Waals surface area contributed by atoms with Gasteiger partial charge < -0.3 is 4.98 Å². The van der Waals surface area contributed by atoms with Gasteiger partial charge in [0.15, 0.2) is 11.5 Å². The van der Waals surface area contributed by atoms with Gasteiger partial charge in [0.2, 0.25) is 10.9 Å². The topological polar surface area (TPSA) is 101 Å². The number of fused-ring (bicyclic) bond motifs is 1. The number of aromatic nitrogens is 4. The van der Waals surface area contributed by atoms with Crippen molar-refractivity contribution in [2.45, 2.75) is 0 Å². The minimum atomic E-state index is -2.72. The smallest absolute Gasteiger partial charge is 0.223 e. The van der Waals surface area contributed by atoms with E-state index in [4.69, 9.17) is 0 Å². The van der Waals surface area contributed by atoms with Gasteiger partial charge in [-0.05, 0) is 0 Å². The number of aromatic amines is 1. The lowest BCUT2D eigenvalue weighted by atomic mass is 10.5. The van der Waals surface area contributed by atoms with Gasteiger partial charge >= 0.3 is 0 Å². The van der Waals surface area contributed by atoms with Crippen molar-refractivity contribution in [1.82, 2.24) is 19.9 Å². The molecule has 0 aromatic carbocycles. The Bertz CT molecular complexity index is 496. The summed E-state index contributed by atoms with van der Waals surface area (Å²) in [7, 11) is -2.72. The van der Waals surface area contributed by atoms with E-state index in [-0.39, 0.29) is 5.82 Å². The monoisotopic (exact) mass is 199 g/mol. The molecule has 7 nitrogen and oxygen atoms in total. The van der Waals surface area contributed by atoms with Crippen molar-refractivity contribution < 1.29 is 8.42 Å². The molecule has 0 bridgehead atoms. The summed E-state index contributed by atoms with van der Waals surface area (Å²) in [4.78, 5) is 14.1. The maximum Gasteiger partial charge on any atom is 0.223 e. The normalized spacial score (nSPS) is 10.8. The van der Waals surface area contributed by atoms with Crippen molar-refractivity contribution in [2.24, 2.45) is 0 Å². The molecule has 0 atom stereocenters. The fourth-order valence-electron chi connectivity index (χ4n) is 0.936. The molecule has 68 valence electrons. The average molecular weight is 199 g/mol. The fourth-order valence-corrected chi connectivity index (χ4v) is 1.28. The Labute approximate surface area is 74.3 Å². The lowest BCUT2D eigenvalue weighted by Crippen LogP contribution is -1.99. The zero-order valence-corrected chi connectivity index (χ0v) is 7.15. The van der Waals surface area contributed by atoms with Crippen LogP contribution in [0.3, 0.4) is 0 Å². The van der Waals surface area contributed by atoms with Crippen molar-refractivity contribution in [2.75, 3.05) is 4.72 Å². The summed E-state index contributed by atoms with van der Waals surface area (Å²) < 4.78 is 22.9. The van der Waals surface area contributed by atoms with E-state index in [1.54, 1.807) is 0 Å². The van der Waals surface area contributed by atoms with Gasteiger partial charge in [0.25, 0.3) is 0 Å². The molecule has 0 saturated heterocycles. The summed E-state index contributed by atoms with van der Waals surface area (Å²) in [5.41, 5.74) is 0.899. The number of nitrogens with one attached hydrogen (secondary N) is 2. The van der Waals surface area contributed by atoms with Crippen LogP contribution in [0.15, 0.2) is 12.7 Å². The first kappa shape index (κ1) is 7.92. The van der Waals surface area contributed by atoms with Crippen LogP contribution in [0.4, 0.5) is 5.82 Å². The maximum absolute atomic E-state index is 10.4. The number of rotatable bonds is 2. The Morgan fingerprint density at radius 1 is 1.31 bits per heavy atom. The van der Waals surface area contributed by atoms with Crippen molar-refractivity contribution in [3.8, 4) is 0 Å². The van der Waals surface area contributed by atoms with Gasteiger partial charge in [0.05, 0.1) is 6.33 Å². The molecule has 0 amide bonds. The van der Waals surface area contributed by atoms with E-state index in [0.29, 0.717) is 11.2 Å². The van der Waals surface area contributed by atoms with Gasteiger partial charge in [0, 0.05) is 0 Å². The van der Waals surface area contributed by atoms with E-state index >= 15 is 0 Å². The number of hydrogen-bond acceptors (Lipinski definition) is 5. The molecule has 8 heteroatoms. The lowest BCUT2D eigenvalue weighted by Gasteiger charge is -1.96. The first-order valence-electron chi connectivity index (χ1n) is 3.32. The van der Waals surface area contributed by atoms with Crippen LogP contribution in [0.2, 0.25) is 0 Å². The van der Waals surface area contributed by atoms with Gasteiger partial charge in [-0.1, -0.05) is 0 Å². The van der Waals surface area contributed by atoms with Gasteiger partial charge in [-0.15, -0.1) is 0 Å². The number of nitrogens with zero attached hydrogens (tertiary/aromatic N) is 3. The molecule has 13 heavy (non-hydrogen) atoms. The number of hydrogen-bond donors (Lipinski definition) is 3. The van der Waals surface area contributed by atoms with Gasteiger partial charge in [0.1, 0.15) is 11.8 Å². The minimum Gasteiger partial charge on any atom is -0.340 e. The number of anilines is 1. The summed E-state index contributed by atoms with van der Waals surface area (Å²) in [5.74, 6) is 0.207. The zero-order valence-electron chi connectivity index (χ0n) is 6.26. The Morgan fingerprint density at radius 2 is 2.15 bits per heavy atom. The largest absolute Gasteiger partial charge is 0.340 e. The van der Waals surface area contributed by atoms with Crippen LogP contribution in [-0.4, -0.2) is 28.4 Å². The van der Waals surface area contributed by atoms with Gasteiger partial charge in [-0.25, -0.2) is 23.4 Å². The van der Waals surface area contributed by atoms with Crippen molar-refractivity contribution >= 4 is 27.9 Å². The first-order valence-corrected chi connectivity index (χ1v) is 4.50. The van der Waals surface area contributed by atoms with E-state index in [2.05, 4.69) is 24.7 Å². The molecule has 0 saturated carbocycles. The third-order valence-electron chi connectivity index (χ3n) is 1.42. The Hall–Kier alpha value is -1.70. The first-order chi connectivity index (χ1) is 6.27. The predicted molar refractivity (Wildman–Crippen MR) is 45.6 cm³/mol. The van der Waals surface area contributed by atoms with Crippen LogP contribution >= 0.6 is 0 Å². The summed E-state index contributed by atoms with van der Waals surface area (Å²) in [6.45, 7) is 0. The van der Waals surface area contributed by atoms with Gasteiger partial charge in [-0.2, -0.15) is 0 Å². The van der Waals surface area contributed by atoms with Crippen molar-refractivity contribution in [1.29, 1.82) is 0 Å². The van der Waals surface area contributed by atoms with Crippen molar-refractivity contribution in [3.63, 3.8) is 0 Å². The zero-order chi connectivity index (χ0) is 9.26. The van der Waals surface area contributed by atoms with Crippen LogP contribution in [0.1, 0.15) is 0 Å². The molecule has 0 unspecified atom stereocenters. The third-order valence-corrected chi connectivity index (χ3v) is 1.81. The molecular formula is C5H5N5O2S. The highest BCUT2D eigenvalue weighted by molar-refractivity contribution is 7.73. The van der Waals surface area contributed by atoms with Crippen LogP contribution < -0.4 is 4.72 Å². The highest BCUT2D eigenvalue weighted by atomic mass is 32.2. The number of thiol groups is 1. The maximum atomic E-state index is 10.4. The average Bonchev–Trinajstić information content (AvgIpc) is 2.51. The highest BCUT2D eigenvalue weighted by Crippen LogP contribution is 2.13. The molecule has 0 aliphatic rings. The molecular weight excluding hydrogens is 194 g/mol. The third kappa shape index (κ3) is 1.43. The second kappa shape index (κ2) is 2.98.